The summed E-state index contributed by atoms with van der Waals surface area (Å²) in [4.78, 5) is 31.8. The van der Waals surface area contributed by atoms with E-state index >= 15 is 0 Å². The molecule has 8 rings (SSSR count). The van der Waals surface area contributed by atoms with E-state index in [4.69, 9.17) is 24.2 Å². The number of amides is 1. The van der Waals surface area contributed by atoms with Gasteiger partial charge in [-0.1, -0.05) is 30.4 Å². The Bertz CT molecular complexity index is 2070. The summed E-state index contributed by atoms with van der Waals surface area (Å²) in [7, 11) is 1.69. The van der Waals surface area contributed by atoms with E-state index in [1.165, 1.54) is 0 Å². The number of aromatic nitrogens is 4. The highest BCUT2D eigenvalue weighted by Gasteiger charge is 2.40. The molecule has 4 atom stereocenters. The number of likely N-dealkylation sites (tertiary alicyclic amines) is 1. The van der Waals surface area contributed by atoms with Gasteiger partial charge in [-0.15, -0.1) is 0 Å². The zero-order valence-corrected chi connectivity index (χ0v) is 28.1. The molecule has 2 saturated heterocycles. The van der Waals surface area contributed by atoms with Crippen molar-refractivity contribution in [1.82, 2.24) is 30.2 Å². The van der Waals surface area contributed by atoms with Crippen LogP contribution in [0, 0.1) is 5.92 Å². The molecule has 0 unspecified atom stereocenters. The molecule has 2 fully saturated rings. The largest absolute Gasteiger partial charge is 0.488 e. The third-order valence-corrected chi connectivity index (χ3v) is 9.71. The Morgan fingerprint density at radius 1 is 1.10 bits per heavy atom. The van der Waals surface area contributed by atoms with Crippen molar-refractivity contribution in [1.29, 1.82) is 0 Å². The molecule has 10 nitrogen and oxygen atoms in total. The average molecular weight is 647 g/mol. The van der Waals surface area contributed by atoms with E-state index < -0.39 is 5.60 Å². The number of hydrogen-bond donors (Lipinski definition) is 3. The van der Waals surface area contributed by atoms with E-state index in [0.29, 0.717) is 25.8 Å². The maximum Gasteiger partial charge on any atom is 0.410 e. The topological polar surface area (TPSA) is 117 Å². The highest BCUT2D eigenvalue weighted by Crippen LogP contribution is 2.43. The molecule has 5 aromatic rings. The number of rotatable bonds is 5. The smallest absolute Gasteiger partial charge is 0.410 e. The van der Waals surface area contributed by atoms with Crippen molar-refractivity contribution in [3.63, 3.8) is 0 Å². The first kappa shape index (κ1) is 30.7. The number of nitrogens with zero attached hydrogens (tertiary/aromatic N) is 3. The number of benzene rings is 3. The van der Waals surface area contributed by atoms with Gasteiger partial charge in [0.2, 0.25) is 0 Å². The van der Waals surface area contributed by atoms with Gasteiger partial charge in [0.1, 0.15) is 29.6 Å². The molecular formula is C38H42N6O4. The van der Waals surface area contributed by atoms with Crippen molar-refractivity contribution < 1.29 is 19.0 Å². The van der Waals surface area contributed by atoms with Crippen LogP contribution in [0.5, 0.6) is 5.75 Å². The highest BCUT2D eigenvalue weighted by molar-refractivity contribution is 6.07. The van der Waals surface area contributed by atoms with E-state index in [1.54, 1.807) is 12.0 Å². The first-order chi connectivity index (χ1) is 23.0. The summed E-state index contributed by atoms with van der Waals surface area (Å²) in [5.41, 5.74) is 7.76. The Balaban J connectivity index is 1.08. The average Bonchev–Trinajstić information content (AvgIpc) is 3.84. The number of nitrogens with one attached hydrogen (secondary N) is 3. The molecule has 3 aliphatic rings. The van der Waals surface area contributed by atoms with Crippen molar-refractivity contribution in [2.75, 3.05) is 20.3 Å². The fraction of sp³-hybridized carbons (Fsp3) is 0.395. The number of methoxy groups -OCH3 is 1. The van der Waals surface area contributed by atoms with Crippen LogP contribution in [0.1, 0.15) is 69.8 Å². The molecular weight excluding hydrogens is 604 g/mol. The van der Waals surface area contributed by atoms with Crippen LogP contribution in [0.15, 0.2) is 60.8 Å². The van der Waals surface area contributed by atoms with Gasteiger partial charge in [-0.25, -0.2) is 14.8 Å². The van der Waals surface area contributed by atoms with Crippen LogP contribution < -0.4 is 10.1 Å². The fourth-order valence-electron chi connectivity index (χ4n) is 7.57. The Morgan fingerprint density at radius 3 is 2.73 bits per heavy atom. The first-order valence-electron chi connectivity index (χ1n) is 16.7. The molecule has 1 amide bonds. The number of ether oxygens (including phenoxy) is 3. The van der Waals surface area contributed by atoms with Crippen molar-refractivity contribution in [2.24, 2.45) is 5.92 Å². The van der Waals surface area contributed by atoms with E-state index in [1.807, 2.05) is 27.0 Å². The predicted molar refractivity (Wildman–Crippen MR) is 186 cm³/mol. The monoisotopic (exact) mass is 646 g/mol. The van der Waals surface area contributed by atoms with Crippen LogP contribution in [0.25, 0.3) is 44.2 Å². The maximum atomic E-state index is 13.2. The van der Waals surface area contributed by atoms with Crippen molar-refractivity contribution in [2.45, 2.75) is 70.9 Å². The number of carbonyl (C=O) groups is 1. The molecule has 0 aliphatic carbocycles. The minimum absolute atomic E-state index is 0.0398. The van der Waals surface area contributed by atoms with Crippen LogP contribution in [-0.2, 0) is 16.1 Å². The third-order valence-electron chi connectivity index (χ3n) is 9.71. The van der Waals surface area contributed by atoms with Crippen molar-refractivity contribution in [3.8, 4) is 28.1 Å². The van der Waals surface area contributed by atoms with Gasteiger partial charge in [-0.05, 0) is 86.9 Å². The SMILES string of the molecule is C=C1C[C@H](C)N[C@@H]1c1nc2c(ccc3cc4c(cc32)OCc2cc(-c3cnc([C@@H]5C[C@H](COC)CN5C(=O)OC(C)(C)C)[nH]3)ccc2-4)[nH]1. The Hall–Kier alpha value is -4.67. The second-order valence-electron chi connectivity index (χ2n) is 14.6. The number of carbonyl (C=O) groups excluding carboxylic acids is 1. The fourth-order valence-corrected chi connectivity index (χ4v) is 7.57. The summed E-state index contributed by atoms with van der Waals surface area (Å²) in [5, 5.41) is 5.77. The van der Waals surface area contributed by atoms with E-state index in [9.17, 15) is 4.79 Å². The number of imidazole rings is 2. The second-order valence-corrected chi connectivity index (χ2v) is 14.6. The zero-order valence-electron chi connectivity index (χ0n) is 28.1. The molecule has 3 N–H and O–H groups in total. The Morgan fingerprint density at radius 2 is 1.96 bits per heavy atom. The molecule has 0 spiro atoms. The standard InChI is InChI=1S/C38H42N6O4/c1-20-11-21(2)40-33(20)36-41-29-10-8-23-14-28-26-9-7-24(13-25(26)19-47-32(28)15-27(23)34(29)43-36)30-16-39-35(42-30)31-12-22(18-46-6)17-44(31)37(45)48-38(3,4)5/h7-10,13-16,21-22,31,33,40H,1,11-12,17-19H2,2-6H3,(H,39,42)(H,41,43)/t21-,22-,31-,33-/m0/s1. The maximum absolute atomic E-state index is 13.2. The summed E-state index contributed by atoms with van der Waals surface area (Å²) in [6.45, 7) is 13.7. The lowest BCUT2D eigenvalue weighted by molar-refractivity contribution is 0.0208. The molecule has 0 radical (unpaired) electrons. The predicted octanol–water partition coefficient (Wildman–Crippen LogP) is 7.59. The number of H-pyrrole nitrogens is 2. The quantitative estimate of drug-likeness (QED) is 0.169. The van der Waals surface area contributed by atoms with E-state index in [-0.39, 0.29) is 24.1 Å². The molecule has 5 heterocycles. The number of aromatic amines is 2. The lowest BCUT2D eigenvalue weighted by Crippen LogP contribution is -2.37. The van der Waals surface area contributed by atoms with Crippen LogP contribution in [0.3, 0.4) is 0 Å². The van der Waals surface area contributed by atoms with E-state index in [0.717, 1.165) is 85.6 Å². The molecule has 10 heteroatoms. The van der Waals surface area contributed by atoms with E-state index in [2.05, 4.69) is 71.3 Å². The normalized spacial score (nSPS) is 22.3. The van der Waals surface area contributed by atoms with Gasteiger partial charge in [-0.2, -0.15) is 0 Å². The molecule has 48 heavy (non-hydrogen) atoms. The summed E-state index contributed by atoms with van der Waals surface area (Å²) in [5.74, 6) is 2.72. The van der Waals surface area contributed by atoms with Gasteiger partial charge in [0.15, 0.2) is 0 Å². The van der Waals surface area contributed by atoms with Gasteiger partial charge in [0, 0.05) is 36.6 Å². The molecule has 2 aromatic heterocycles. The lowest BCUT2D eigenvalue weighted by Gasteiger charge is -2.27. The molecule has 0 bridgehead atoms. The zero-order chi connectivity index (χ0) is 33.3. The van der Waals surface area contributed by atoms with Crippen LogP contribution in [0.2, 0.25) is 0 Å². The molecule has 3 aliphatic heterocycles. The third kappa shape index (κ3) is 5.42. The van der Waals surface area contributed by atoms with Crippen molar-refractivity contribution >= 4 is 27.9 Å². The Kier molecular flexibility index (Phi) is 7.34. The van der Waals surface area contributed by atoms with Gasteiger partial charge in [0.25, 0.3) is 0 Å². The van der Waals surface area contributed by atoms with Crippen LogP contribution in [0.4, 0.5) is 4.79 Å². The Labute approximate surface area is 279 Å². The molecule has 3 aromatic carbocycles. The highest BCUT2D eigenvalue weighted by atomic mass is 16.6. The first-order valence-corrected chi connectivity index (χ1v) is 16.7. The summed E-state index contributed by atoms with van der Waals surface area (Å²) in [6.07, 6.45) is 3.22. The summed E-state index contributed by atoms with van der Waals surface area (Å²) in [6, 6.07) is 15.3. The van der Waals surface area contributed by atoms with Gasteiger partial charge < -0.3 is 29.5 Å². The number of fused-ring (bicyclic) bond motifs is 6. The van der Waals surface area contributed by atoms with Crippen LogP contribution in [-0.4, -0.2) is 62.8 Å². The summed E-state index contributed by atoms with van der Waals surface area (Å²) >= 11 is 0. The van der Waals surface area contributed by atoms with Gasteiger partial charge in [-0.3, -0.25) is 4.90 Å². The summed E-state index contributed by atoms with van der Waals surface area (Å²) < 4.78 is 17.5. The number of hydrogen-bond acceptors (Lipinski definition) is 7. The lowest BCUT2D eigenvalue weighted by atomic mass is 9.92. The molecule has 248 valence electrons. The minimum Gasteiger partial charge on any atom is -0.488 e. The second kappa shape index (κ2) is 11.5. The molecule has 0 saturated carbocycles. The van der Waals surface area contributed by atoms with Gasteiger partial charge >= 0.3 is 6.09 Å². The minimum atomic E-state index is -0.582. The van der Waals surface area contributed by atoms with Crippen molar-refractivity contribution in [3.05, 3.63) is 78.0 Å². The van der Waals surface area contributed by atoms with Gasteiger partial charge in [0.05, 0.1) is 41.6 Å². The van der Waals surface area contributed by atoms with Crippen LogP contribution >= 0.6 is 0 Å².